The Morgan fingerprint density at radius 1 is 0.778 bits per heavy atom. The molecule has 0 radical (unpaired) electrons. The first kappa shape index (κ1) is 18.7. The van der Waals surface area contributed by atoms with Gasteiger partial charge in [0.05, 0.1) is 10.6 Å². The highest BCUT2D eigenvalue weighted by atomic mass is 32.2. The Kier molecular flexibility index (Phi) is 5.88. The molecule has 0 aliphatic heterocycles. The van der Waals surface area contributed by atoms with Gasteiger partial charge in [-0.1, -0.05) is 54.6 Å². The van der Waals surface area contributed by atoms with Crippen LogP contribution in [0.2, 0.25) is 0 Å². The molecule has 0 saturated carbocycles. The van der Waals surface area contributed by atoms with Crippen molar-refractivity contribution in [2.24, 2.45) is 0 Å². The average Bonchev–Trinajstić information content (AvgIpc) is 2.70. The van der Waals surface area contributed by atoms with Gasteiger partial charge < -0.3 is 5.32 Å². The van der Waals surface area contributed by atoms with Gasteiger partial charge in [-0.25, -0.2) is 8.42 Å². The van der Waals surface area contributed by atoms with Crippen LogP contribution < -0.4 is 9.62 Å². The highest BCUT2D eigenvalue weighted by Gasteiger charge is 2.25. The molecule has 0 atom stereocenters. The van der Waals surface area contributed by atoms with Crippen LogP contribution in [0.3, 0.4) is 0 Å². The maximum absolute atomic E-state index is 13.1. The van der Waals surface area contributed by atoms with Gasteiger partial charge in [-0.15, -0.1) is 0 Å². The minimum absolute atomic E-state index is 0.0376. The summed E-state index contributed by atoms with van der Waals surface area (Å²) in [4.78, 5) is 12.5. The number of nitrogens with zero attached hydrogens (tertiary/aromatic N) is 1. The molecule has 0 aliphatic rings. The molecule has 0 heterocycles. The summed E-state index contributed by atoms with van der Waals surface area (Å²) in [5.74, 6) is -0.245. The summed E-state index contributed by atoms with van der Waals surface area (Å²) in [6.07, 6.45) is 0.0376. The van der Waals surface area contributed by atoms with Crippen molar-refractivity contribution in [2.45, 2.75) is 11.3 Å². The normalized spacial score (nSPS) is 11.0. The van der Waals surface area contributed by atoms with Gasteiger partial charge in [0.25, 0.3) is 10.0 Å². The van der Waals surface area contributed by atoms with Crippen LogP contribution in [-0.4, -0.2) is 20.9 Å². The Morgan fingerprint density at radius 3 is 1.89 bits per heavy atom. The molecule has 0 aliphatic carbocycles. The predicted octanol–water partition coefficient (Wildman–Crippen LogP) is 3.91. The molecule has 3 rings (SSSR count). The fourth-order valence-corrected chi connectivity index (χ4v) is 4.14. The Bertz CT molecular complexity index is 976. The summed E-state index contributed by atoms with van der Waals surface area (Å²) in [6, 6.07) is 26.1. The number of hydrogen-bond acceptors (Lipinski definition) is 3. The molecule has 0 fully saturated rings. The molecule has 1 amide bonds. The number of sulfonamides is 1. The van der Waals surface area contributed by atoms with Crippen LogP contribution in [0.1, 0.15) is 6.42 Å². The van der Waals surface area contributed by atoms with E-state index < -0.39 is 10.0 Å². The van der Waals surface area contributed by atoms with Crippen molar-refractivity contribution in [1.82, 2.24) is 0 Å². The first-order valence-corrected chi connectivity index (χ1v) is 9.99. The highest BCUT2D eigenvalue weighted by Crippen LogP contribution is 2.23. The third-order valence-corrected chi connectivity index (χ3v) is 5.82. The SMILES string of the molecule is O=C(CCN(c1ccccc1)S(=O)(=O)c1ccccc1)Nc1ccccc1. The summed E-state index contributed by atoms with van der Waals surface area (Å²) in [7, 11) is -3.77. The first-order chi connectivity index (χ1) is 13.1. The molecule has 0 aromatic heterocycles. The topological polar surface area (TPSA) is 66.5 Å². The average molecular weight is 380 g/mol. The lowest BCUT2D eigenvalue weighted by Gasteiger charge is -2.24. The van der Waals surface area contributed by atoms with E-state index in [2.05, 4.69) is 5.32 Å². The van der Waals surface area contributed by atoms with E-state index in [-0.39, 0.29) is 23.8 Å². The second-order valence-electron chi connectivity index (χ2n) is 5.89. The van der Waals surface area contributed by atoms with Crippen molar-refractivity contribution >= 4 is 27.3 Å². The minimum atomic E-state index is -3.77. The van der Waals surface area contributed by atoms with Crippen molar-refractivity contribution in [2.75, 3.05) is 16.2 Å². The van der Waals surface area contributed by atoms with E-state index in [0.29, 0.717) is 11.4 Å². The molecule has 5 nitrogen and oxygen atoms in total. The van der Waals surface area contributed by atoms with Crippen LogP contribution >= 0.6 is 0 Å². The number of carbonyl (C=O) groups is 1. The number of carbonyl (C=O) groups excluding carboxylic acids is 1. The standard InChI is InChI=1S/C21H20N2O3S/c24-21(22-18-10-4-1-5-11-18)16-17-23(19-12-6-2-7-13-19)27(25,26)20-14-8-3-9-15-20/h1-15H,16-17H2,(H,22,24). The smallest absolute Gasteiger partial charge is 0.264 e. The van der Waals surface area contributed by atoms with Crippen LogP contribution in [0.25, 0.3) is 0 Å². The third-order valence-electron chi connectivity index (χ3n) is 3.97. The summed E-state index contributed by atoms with van der Waals surface area (Å²) in [5.41, 5.74) is 1.20. The monoisotopic (exact) mass is 380 g/mol. The van der Waals surface area contributed by atoms with Crippen molar-refractivity contribution < 1.29 is 13.2 Å². The van der Waals surface area contributed by atoms with Crippen molar-refractivity contribution in [3.8, 4) is 0 Å². The molecule has 1 N–H and O–H groups in total. The van der Waals surface area contributed by atoms with Gasteiger partial charge >= 0.3 is 0 Å². The second kappa shape index (κ2) is 8.51. The number of amides is 1. The molecule has 6 heteroatoms. The van der Waals surface area contributed by atoms with Gasteiger partial charge in [-0.3, -0.25) is 9.10 Å². The molecule has 0 saturated heterocycles. The fraction of sp³-hybridized carbons (Fsp3) is 0.0952. The van der Waals surface area contributed by atoms with E-state index in [1.807, 2.05) is 24.3 Å². The van der Waals surface area contributed by atoms with E-state index >= 15 is 0 Å². The molecule has 3 aromatic rings. The molecule has 0 spiro atoms. The van der Waals surface area contributed by atoms with Crippen LogP contribution in [0.4, 0.5) is 11.4 Å². The van der Waals surface area contributed by atoms with E-state index in [1.54, 1.807) is 66.7 Å². The van der Waals surface area contributed by atoms with Gasteiger partial charge in [0.2, 0.25) is 5.91 Å². The van der Waals surface area contributed by atoms with Gasteiger partial charge in [-0.05, 0) is 36.4 Å². The number of para-hydroxylation sites is 2. The minimum Gasteiger partial charge on any atom is -0.326 e. The first-order valence-electron chi connectivity index (χ1n) is 8.55. The van der Waals surface area contributed by atoms with Crippen molar-refractivity contribution in [3.63, 3.8) is 0 Å². The van der Waals surface area contributed by atoms with Crippen LogP contribution in [0.15, 0.2) is 95.9 Å². The number of anilines is 2. The van der Waals surface area contributed by atoms with Gasteiger partial charge in [0, 0.05) is 18.7 Å². The van der Waals surface area contributed by atoms with Crippen molar-refractivity contribution in [1.29, 1.82) is 0 Å². The highest BCUT2D eigenvalue weighted by molar-refractivity contribution is 7.92. The van der Waals surface area contributed by atoms with Gasteiger partial charge in [-0.2, -0.15) is 0 Å². The molecule has 27 heavy (non-hydrogen) atoms. The largest absolute Gasteiger partial charge is 0.326 e. The zero-order valence-corrected chi connectivity index (χ0v) is 15.5. The molecule has 3 aromatic carbocycles. The Morgan fingerprint density at radius 2 is 1.30 bits per heavy atom. The zero-order valence-electron chi connectivity index (χ0n) is 14.7. The van der Waals surface area contributed by atoms with E-state index in [0.717, 1.165) is 0 Å². The Hall–Kier alpha value is -3.12. The maximum atomic E-state index is 13.1. The van der Waals surface area contributed by atoms with E-state index in [1.165, 1.54) is 4.31 Å². The molecule has 0 bridgehead atoms. The Balaban J connectivity index is 1.80. The van der Waals surface area contributed by atoms with E-state index in [4.69, 9.17) is 0 Å². The van der Waals surface area contributed by atoms with Gasteiger partial charge in [0.15, 0.2) is 0 Å². The number of hydrogen-bond donors (Lipinski definition) is 1. The zero-order chi connectivity index (χ0) is 19.1. The van der Waals surface area contributed by atoms with Crippen molar-refractivity contribution in [3.05, 3.63) is 91.0 Å². The number of rotatable bonds is 7. The summed E-state index contributed by atoms with van der Waals surface area (Å²) >= 11 is 0. The number of benzene rings is 3. The Labute approximate surface area is 159 Å². The third kappa shape index (κ3) is 4.74. The van der Waals surface area contributed by atoms with Crippen LogP contribution in [-0.2, 0) is 14.8 Å². The lowest BCUT2D eigenvalue weighted by molar-refractivity contribution is -0.116. The molecular weight excluding hydrogens is 360 g/mol. The maximum Gasteiger partial charge on any atom is 0.264 e. The predicted molar refractivity (Wildman–Crippen MR) is 107 cm³/mol. The molecule has 138 valence electrons. The lowest BCUT2D eigenvalue weighted by Crippen LogP contribution is -2.34. The number of nitrogens with one attached hydrogen (secondary N) is 1. The van der Waals surface area contributed by atoms with E-state index in [9.17, 15) is 13.2 Å². The summed E-state index contributed by atoms with van der Waals surface area (Å²) < 4.78 is 27.5. The van der Waals surface area contributed by atoms with Gasteiger partial charge in [0.1, 0.15) is 0 Å². The molecular formula is C21H20N2O3S. The quantitative estimate of drug-likeness (QED) is 0.676. The summed E-state index contributed by atoms with van der Waals surface area (Å²) in [6.45, 7) is 0.0416. The lowest BCUT2D eigenvalue weighted by atomic mass is 10.3. The second-order valence-corrected chi connectivity index (χ2v) is 7.75. The summed E-state index contributed by atoms with van der Waals surface area (Å²) in [5, 5.41) is 2.78. The van der Waals surface area contributed by atoms with Crippen LogP contribution in [0.5, 0.6) is 0 Å². The fourth-order valence-electron chi connectivity index (χ4n) is 2.65. The van der Waals surface area contributed by atoms with Crippen LogP contribution in [0, 0.1) is 0 Å². The molecule has 0 unspecified atom stereocenters.